The summed E-state index contributed by atoms with van der Waals surface area (Å²) in [5.74, 6) is -0.287. The summed E-state index contributed by atoms with van der Waals surface area (Å²) >= 11 is 0. The van der Waals surface area contributed by atoms with Crippen molar-refractivity contribution in [2.24, 2.45) is 6.98 Å². The van der Waals surface area contributed by atoms with E-state index >= 15 is 0 Å². The summed E-state index contributed by atoms with van der Waals surface area (Å²) in [6.07, 6.45) is -0.490. The van der Waals surface area contributed by atoms with Crippen LogP contribution in [0.25, 0.3) is 16.6 Å². The third kappa shape index (κ3) is 3.27. The number of nitrogens with one attached hydrogen (secondary N) is 1. The Balaban J connectivity index is 1.61. The van der Waals surface area contributed by atoms with Gasteiger partial charge in [-0.3, -0.25) is 14.3 Å². The SMILES string of the molecule is [2H]C1([2H])NC([2H])([2H])C([2H])([2H])c2c1c1ccc(-n3ccc(OCc4ccc(F)cn4)cc3=O)cc1n2C([2H])([2H])[2H]. The van der Waals surface area contributed by atoms with Gasteiger partial charge in [0.15, 0.2) is 0 Å². The highest BCUT2D eigenvalue weighted by Gasteiger charge is 2.18. The molecule has 0 aliphatic carbocycles. The van der Waals surface area contributed by atoms with Crippen LogP contribution in [-0.4, -0.2) is 20.6 Å². The predicted molar refractivity (Wildman–Crippen MR) is 112 cm³/mol. The lowest BCUT2D eigenvalue weighted by Gasteiger charge is -2.14. The van der Waals surface area contributed by atoms with Gasteiger partial charge in [0.2, 0.25) is 0 Å². The van der Waals surface area contributed by atoms with Crippen molar-refractivity contribution in [3.05, 3.63) is 88.0 Å². The summed E-state index contributed by atoms with van der Waals surface area (Å²) in [6, 6.07) is 9.48. The third-order valence-electron chi connectivity index (χ3n) is 4.73. The zero-order chi connectivity index (χ0) is 28.5. The van der Waals surface area contributed by atoms with Crippen LogP contribution in [0.1, 0.15) is 29.3 Å². The van der Waals surface area contributed by atoms with Gasteiger partial charge in [0.05, 0.1) is 23.1 Å². The van der Waals surface area contributed by atoms with Crippen molar-refractivity contribution in [3.8, 4) is 11.4 Å². The van der Waals surface area contributed by atoms with Gasteiger partial charge in [-0.2, -0.15) is 0 Å². The average Bonchev–Trinajstić information content (AvgIpc) is 3.19. The fourth-order valence-electron chi connectivity index (χ4n) is 3.27. The third-order valence-corrected chi connectivity index (χ3v) is 4.73. The predicted octanol–water partition coefficient (Wildman–Crippen LogP) is 3.09. The maximum absolute atomic E-state index is 13.0. The Morgan fingerprint density at radius 3 is 3.03 bits per heavy atom. The zero-order valence-corrected chi connectivity index (χ0v) is 15.4. The van der Waals surface area contributed by atoms with E-state index in [4.69, 9.17) is 17.1 Å². The van der Waals surface area contributed by atoms with E-state index < -0.39 is 43.4 Å². The van der Waals surface area contributed by atoms with Gasteiger partial charge < -0.3 is 14.6 Å². The lowest BCUT2D eigenvalue weighted by atomic mass is 10.1. The zero-order valence-electron chi connectivity index (χ0n) is 24.4. The van der Waals surface area contributed by atoms with Crippen molar-refractivity contribution in [2.75, 3.05) is 6.50 Å². The van der Waals surface area contributed by atoms with Crippen LogP contribution >= 0.6 is 0 Å². The molecule has 0 saturated carbocycles. The molecule has 1 aliphatic heterocycles. The quantitative estimate of drug-likeness (QED) is 0.559. The highest BCUT2D eigenvalue weighted by molar-refractivity contribution is 5.87. The summed E-state index contributed by atoms with van der Waals surface area (Å²) in [5, 5.41) is 2.08. The molecule has 4 heterocycles. The highest BCUT2D eigenvalue weighted by Crippen LogP contribution is 2.29. The second kappa shape index (κ2) is 7.42. The maximum atomic E-state index is 13.0. The minimum atomic E-state index is -3.00. The molecule has 5 rings (SSSR count). The number of halogens is 1. The van der Waals surface area contributed by atoms with Gasteiger partial charge in [-0.05, 0) is 35.9 Å². The monoisotopic (exact) mass is 413 g/mol. The normalized spacial score (nSPS) is 23.3. The molecule has 7 heteroatoms. The number of hydrogen-bond acceptors (Lipinski definition) is 4. The molecule has 1 aliphatic rings. The summed E-state index contributed by atoms with van der Waals surface area (Å²) < 4.78 is 94.4. The Kier molecular flexibility index (Phi) is 2.74. The molecule has 0 spiro atoms. The van der Waals surface area contributed by atoms with Crippen LogP contribution in [0.2, 0.25) is 0 Å². The lowest BCUT2D eigenvalue weighted by Crippen LogP contribution is -2.24. The fourth-order valence-corrected chi connectivity index (χ4v) is 3.27. The van der Waals surface area contributed by atoms with Crippen molar-refractivity contribution in [1.82, 2.24) is 19.4 Å². The molecule has 30 heavy (non-hydrogen) atoms. The van der Waals surface area contributed by atoms with Crippen LogP contribution < -0.4 is 15.6 Å². The number of aryl methyl sites for hydroxylation is 1. The minimum Gasteiger partial charge on any atom is -0.487 e. The number of aromatic nitrogens is 3. The molecule has 152 valence electrons. The summed E-state index contributed by atoms with van der Waals surface area (Å²) in [7, 11) is 0. The van der Waals surface area contributed by atoms with E-state index in [0.717, 1.165) is 6.20 Å². The smallest absolute Gasteiger partial charge is 0.258 e. The molecular formula is C23H21FN4O2. The Morgan fingerprint density at radius 1 is 1.30 bits per heavy atom. The topological polar surface area (TPSA) is 61.1 Å². The number of hydrogen-bond donors (Lipinski definition) is 1. The van der Waals surface area contributed by atoms with E-state index in [9.17, 15) is 9.18 Å². The van der Waals surface area contributed by atoms with Crippen LogP contribution in [0, 0.1) is 5.82 Å². The summed E-state index contributed by atoms with van der Waals surface area (Å²) in [4.78, 5) is 16.8. The number of rotatable bonds is 4. The first kappa shape index (κ1) is 11.1. The molecule has 0 fully saturated rings. The van der Waals surface area contributed by atoms with Gasteiger partial charge in [0.25, 0.3) is 5.56 Å². The number of ether oxygens (including phenoxy) is 1. The number of fused-ring (bicyclic) bond motifs is 3. The molecule has 1 aromatic carbocycles. The van der Waals surface area contributed by atoms with Gasteiger partial charge in [-0.15, -0.1) is 0 Å². The van der Waals surface area contributed by atoms with Crippen LogP contribution in [0.15, 0.2) is 59.7 Å². The Bertz CT molecular complexity index is 1650. The van der Waals surface area contributed by atoms with Crippen LogP contribution in [0.5, 0.6) is 5.75 Å². The van der Waals surface area contributed by atoms with Crippen LogP contribution in [-0.2, 0) is 26.5 Å². The van der Waals surface area contributed by atoms with Gasteiger partial charge in [-0.1, -0.05) is 6.07 Å². The van der Waals surface area contributed by atoms with Crippen LogP contribution in [0.4, 0.5) is 4.39 Å². The Morgan fingerprint density at radius 2 is 2.23 bits per heavy atom. The number of benzene rings is 1. The van der Waals surface area contributed by atoms with Crippen molar-refractivity contribution in [3.63, 3.8) is 0 Å². The molecule has 0 saturated heterocycles. The first-order valence-corrected chi connectivity index (χ1v) is 8.98. The molecule has 0 amide bonds. The first-order chi connectivity index (χ1) is 18.0. The minimum absolute atomic E-state index is 0.0150. The lowest BCUT2D eigenvalue weighted by molar-refractivity contribution is 0.300. The summed E-state index contributed by atoms with van der Waals surface area (Å²) in [6.45, 7) is -8.55. The average molecular weight is 413 g/mol. The molecule has 0 bridgehead atoms. The van der Waals surface area contributed by atoms with E-state index in [-0.39, 0.29) is 34.5 Å². The maximum Gasteiger partial charge on any atom is 0.258 e. The van der Waals surface area contributed by atoms with Crippen molar-refractivity contribution in [2.45, 2.75) is 19.5 Å². The van der Waals surface area contributed by atoms with Crippen molar-refractivity contribution < 1.29 is 21.5 Å². The van der Waals surface area contributed by atoms with E-state index in [1.165, 1.54) is 53.2 Å². The second-order valence-corrected chi connectivity index (χ2v) is 6.59. The highest BCUT2D eigenvalue weighted by atomic mass is 19.1. The van der Waals surface area contributed by atoms with E-state index in [2.05, 4.69) is 4.98 Å². The molecule has 0 atom stereocenters. The van der Waals surface area contributed by atoms with Crippen molar-refractivity contribution in [1.29, 1.82) is 0 Å². The fraction of sp³-hybridized carbons (Fsp3) is 0.217. The number of pyridine rings is 2. The van der Waals surface area contributed by atoms with Gasteiger partial charge in [0, 0.05) is 62.0 Å². The first-order valence-electron chi connectivity index (χ1n) is 13.5. The molecule has 4 aromatic rings. The van der Waals surface area contributed by atoms with Crippen LogP contribution in [0.3, 0.4) is 0 Å². The Labute approximate surface area is 185 Å². The molecule has 3 aromatic heterocycles. The van der Waals surface area contributed by atoms with Gasteiger partial charge >= 0.3 is 0 Å². The molecule has 6 nitrogen and oxygen atoms in total. The molecule has 1 N–H and O–H groups in total. The van der Waals surface area contributed by atoms with Gasteiger partial charge in [-0.25, -0.2) is 4.39 Å². The standard InChI is InChI=1S/C23H21FN4O2/c1-27-21-6-8-25-13-20(21)19-5-4-17(10-22(19)27)28-9-7-18(11-23(28)29)30-14-16-3-2-15(24)12-26-16/h2-5,7,9-12,25H,6,8,13-14H2,1H3/i1D3,6D2,8D2,13D2. The Hall–Kier alpha value is -3.45. The van der Waals surface area contributed by atoms with E-state index in [1.807, 2.05) is 5.32 Å². The summed E-state index contributed by atoms with van der Waals surface area (Å²) in [5.41, 5.74) is -0.964. The second-order valence-electron chi connectivity index (χ2n) is 6.59. The largest absolute Gasteiger partial charge is 0.487 e. The number of nitrogens with zero attached hydrogens (tertiary/aromatic N) is 3. The van der Waals surface area contributed by atoms with Crippen molar-refractivity contribution >= 4 is 10.9 Å². The molecule has 0 unspecified atom stereocenters. The van der Waals surface area contributed by atoms with E-state index in [1.54, 1.807) is 0 Å². The van der Waals surface area contributed by atoms with E-state index in [0.29, 0.717) is 10.3 Å². The molecular weight excluding hydrogens is 383 g/mol. The van der Waals surface area contributed by atoms with Gasteiger partial charge in [0.1, 0.15) is 18.2 Å². The molecule has 0 radical (unpaired) electrons.